The van der Waals surface area contributed by atoms with Crippen molar-refractivity contribution in [1.82, 2.24) is 9.80 Å². The molecule has 0 amide bonds. The number of hydrogen-bond acceptors (Lipinski definition) is 4. The van der Waals surface area contributed by atoms with E-state index in [9.17, 15) is 0 Å². The smallest absolute Gasteiger partial charge is 0.0484 e. The number of piperazine rings is 1. The molecular formula is C12H25N3O. The molecule has 1 unspecified atom stereocenters. The number of hydrogen-bond donors (Lipinski definition) is 1. The highest BCUT2D eigenvalue weighted by atomic mass is 16.5. The number of likely N-dealkylation sites (N-methyl/N-ethyl adjacent to an activating group) is 1. The van der Waals surface area contributed by atoms with Crippen molar-refractivity contribution in [2.75, 3.05) is 46.4 Å². The lowest BCUT2D eigenvalue weighted by molar-refractivity contribution is 0.0169. The lowest BCUT2D eigenvalue weighted by Gasteiger charge is -2.44. The van der Waals surface area contributed by atoms with Crippen LogP contribution in [0.5, 0.6) is 0 Å². The summed E-state index contributed by atoms with van der Waals surface area (Å²) < 4.78 is 5.39. The Hall–Kier alpha value is -0.160. The summed E-state index contributed by atoms with van der Waals surface area (Å²) in [6, 6.07) is 0.627. The fourth-order valence-electron chi connectivity index (χ4n) is 2.75. The molecule has 2 fully saturated rings. The predicted molar refractivity (Wildman–Crippen MR) is 65.5 cm³/mol. The number of nitrogens with zero attached hydrogens (tertiary/aromatic N) is 2. The molecular weight excluding hydrogens is 202 g/mol. The molecule has 0 radical (unpaired) electrons. The van der Waals surface area contributed by atoms with Crippen LogP contribution < -0.4 is 5.73 Å². The van der Waals surface area contributed by atoms with E-state index in [0.29, 0.717) is 6.04 Å². The SMILES string of the molecule is CC1CN(C)CCN1CC1(N)CCOCC1. The second-order valence-electron chi connectivity index (χ2n) is 5.56. The molecule has 2 rings (SSSR count). The van der Waals surface area contributed by atoms with Crippen molar-refractivity contribution in [3.63, 3.8) is 0 Å². The van der Waals surface area contributed by atoms with Crippen molar-refractivity contribution in [3.8, 4) is 0 Å². The van der Waals surface area contributed by atoms with Gasteiger partial charge in [-0.3, -0.25) is 4.90 Å². The third-order valence-electron chi connectivity index (χ3n) is 3.97. The summed E-state index contributed by atoms with van der Waals surface area (Å²) in [5.74, 6) is 0. The van der Waals surface area contributed by atoms with E-state index < -0.39 is 0 Å². The molecule has 94 valence electrons. The zero-order valence-corrected chi connectivity index (χ0v) is 10.6. The molecule has 2 N–H and O–H groups in total. The first-order valence-electron chi connectivity index (χ1n) is 6.38. The van der Waals surface area contributed by atoms with E-state index in [1.165, 1.54) is 0 Å². The maximum Gasteiger partial charge on any atom is 0.0484 e. The lowest BCUT2D eigenvalue weighted by atomic mass is 9.90. The molecule has 0 aromatic rings. The van der Waals surface area contributed by atoms with Crippen molar-refractivity contribution in [3.05, 3.63) is 0 Å². The van der Waals surface area contributed by atoms with Gasteiger partial charge in [0.2, 0.25) is 0 Å². The number of nitrogens with two attached hydrogens (primary N) is 1. The standard InChI is InChI=1S/C12H25N3O/c1-11-9-14(2)5-6-15(11)10-12(13)3-7-16-8-4-12/h11H,3-10,13H2,1-2H3. The highest BCUT2D eigenvalue weighted by molar-refractivity contribution is 4.92. The highest BCUT2D eigenvalue weighted by Gasteiger charge is 2.33. The van der Waals surface area contributed by atoms with Crippen molar-refractivity contribution >= 4 is 0 Å². The fraction of sp³-hybridized carbons (Fsp3) is 1.00. The second-order valence-corrected chi connectivity index (χ2v) is 5.56. The van der Waals surface area contributed by atoms with Crippen molar-refractivity contribution in [2.45, 2.75) is 31.3 Å². The summed E-state index contributed by atoms with van der Waals surface area (Å²) in [4.78, 5) is 4.94. The zero-order valence-electron chi connectivity index (χ0n) is 10.6. The molecule has 2 saturated heterocycles. The van der Waals surface area contributed by atoms with Gasteiger partial charge in [-0.1, -0.05) is 0 Å². The van der Waals surface area contributed by atoms with Gasteiger partial charge in [0.25, 0.3) is 0 Å². The topological polar surface area (TPSA) is 41.7 Å². The average Bonchev–Trinajstić information content (AvgIpc) is 2.23. The Kier molecular flexibility index (Phi) is 3.85. The van der Waals surface area contributed by atoms with Gasteiger partial charge in [0.15, 0.2) is 0 Å². The molecule has 16 heavy (non-hydrogen) atoms. The van der Waals surface area contributed by atoms with Gasteiger partial charge in [-0.15, -0.1) is 0 Å². The monoisotopic (exact) mass is 227 g/mol. The van der Waals surface area contributed by atoms with Gasteiger partial charge in [-0.05, 0) is 26.8 Å². The molecule has 4 nitrogen and oxygen atoms in total. The first-order valence-corrected chi connectivity index (χ1v) is 6.38. The molecule has 0 spiro atoms. The van der Waals surface area contributed by atoms with Crippen LogP contribution in [0.3, 0.4) is 0 Å². The Morgan fingerprint density at radius 1 is 1.31 bits per heavy atom. The minimum atomic E-state index is -0.0115. The van der Waals surface area contributed by atoms with Crippen LogP contribution in [-0.2, 0) is 4.74 Å². The average molecular weight is 227 g/mol. The summed E-state index contributed by atoms with van der Waals surface area (Å²) in [6.45, 7) is 8.47. The Morgan fingerprint density at radius 3 is 2.62 bits per heavy atom. The molecule has 0 saturated carbocycles. The molecule has 2 aliphatic heterocycles. The van der Waals surface area contributed by atoms with E-state index >= 15 is 0 Å². The third-order valence-corrected chi connectivity index (χ3v) is 3.97. The maximum atomic E-state index is 6.45. The van der Waals surface area contributed by atoms with E-state index in [-0.39, 0.29) is 5.54 Å². The Morgan fingerprint density at radius 2 is 2.00 bits per heavy atom. The van der Waals surface area contributed by atoms with Crippen LogP contribution in [0.25, 0.3) is 0 Å². The van der Waals surface area contributed by atoms with Crippen LogP contribution >= 0.6 is 0 Å². The first kappa shape index (κ1) is 12.3. The first-order chi connectivity index (χ1) is 7.59. The Labute approximate surface area is 98.7 Å². The van der Waals surface area contributed by atoms with Crippen LogP contribution in [0.4, 0.5) is 0 Å². The van der Waals surface area contributed by atoms with Crippen molar-refractivity contribution in [2.24, 2.45) is 5.73 Å². The summed E-state index contributed by atoms with van der Waals surface area (Å²) in [6.07, 6.45) is 2.01. The fourth-order valence-corrected chi connectivity index (χ4v) is 2.75. The van der Waals surface area contributed by atoms with E-state index in [1.807, 2.05) is 0 Å². The highest BCUT2D eigenvalue weighted by Crippen LogP contribution is 2.21. The van der Waals surface area contributed by atoms with Crippen LogP contribution in [-0.4, -0.2) is 67.8 Å². The van der Waals surface area contributed by atoms with Gasteiger partial charge in [-0.25, -0.2) is 0 Å². The number of ether oxygens (including phenoxy) is 1. The zero-order chi connectivity index (χ0) is 11.6. The Bertz CT molecular complexity index is 228. The quantitative estimate of drug-likeness (QED) is 0.728. The molecule has 0 aromatic heterocycles. The van der Waals surface area contributed by atoms with Gasteiger partial charge in [-0.2, -0.15) is 0 Å². The molecule has 1 atom stereocenters. The Balaban J connectivity index is 1.88. The summed E-state index contributed by atoms with van der Waals surface area (Å²) in [5.41, 5.74) is 6.44. The molecule has 0 bridgehead atoms. The van der Waals surface area contributed by atoms with Crippen LogP contribution in [0, 0.1) is 0 Å². The normalized spacial score (nSPS) is 32.8. The largest absolute Gasteiger partial charge is 0.381 e. The lowest BCUT2D eigenvalue weighted by Crippen LogP contribution is -2.59. The third kappa shape index (κ3) is 2.94. The van der Waals surface area contributed by atoms with Gasteiger partial charge < -0.3 is 15.4 Å². The minimum Gasteiger partial charge on any atom is -0.381 e. The predicted octanol–water partition coefficient (Wildman–Crippen LogP) is 0.130. The summed E-state index contributed by atoms with van der Waals surface area (Å²) in [7, 11) is 2.19. The van der Waals surface area contributed by atoms with E-state index in [4.69, 9.17) is 10.5 Å². The van der Waals surface area contributed by atoms with Gasteiger partial charge in [0.1, 0.15) is 0 Å². The van der Waals surface area contributed by atoms with E-state index in [1.54, 1.807) is 0 Å². The molecule has 0 aliphatic carbocycles. The van der Waals surface area contributed by atoms with E-state index in [2.05, 4.69) is 23.8 Å². The van der Waals surface area contributed by atoms with Gasteiger partial charge >= 0.3 is 0 Å². The minimum absolute atomic E-state index is 0.0115. The van der Waals surface area contributed by atoms with Crippen molar-refractivity contribution < 1.29 is 4.74 Å². The van der Waals surface area contributed by atoms with Crippen LogP contribution in [0.2, 0.25) is 0 Å². The molecule has 2 aliphatic rings. The second kappa shape index (κ2) is 5.00. The van der Waals surface area contributed by atoms with Crippen molar-refractivity contribution in [1.29, 1.82) is 0 Å². The molecule has 0 aromatic carbocycles. The van der Waals surface area contributed by atoms with Gasteiger partial charge in [0, 0.05) is 51.0 Å². The maximum absolute atomic E-state index is 6.45. The molecule has 2 heterocycles. The summed E-state index contributed by atoms with van der Waals surface area (Å²) in [5, 5.41) is 0. The van der Waals surface area contributed by atoms with E-state index in [0.717, 1.165) is 52.2 Å². The van der Waals surface area contributed by atoms with Crippen LogP contribution in [0.1, 0.15) is 19.8 Å². The van der Waals surface area contributed by atoms with Crippen LogP contribution in [0.15, 0.2) is 0 Å². The summed E-state index contributed by atoms with van der Waals surface area (Å²) >= 11 is 0. The number of rotatable bonds is 2. The van der Waals surface area contributed by atoms with Gasteiger partial charge in [0.05, 0.1) is 0 Å². The molecule has 4 heteroatoms.